The van der Waals surface area contributed by atoms with Gasteiger partial charge in [0.25, 0.3) is 0 Å². The van der Waals surface area contributed by atoms with Crippen LogP contribution in [-0.4, -0.2) is 19.9 Å². The number of hydrogen-bond donors (Lipinski definition) is 0. The number of pyridine rings is 4. The predicted octanol–water partition coefficient (Wildman–Crippen LogP) is 23.6. The quantitative estimate of drug-likeness (QED) is 0.142. The molecule has 18 rings (SSSR count). The van der Waals surface area contributed by atoms with E-state index in [1.54, 1.807) is 24.5 Å². The number of benzene rings is 12. The molecule has 4 nitrogen and oxygen atoms in total. The van der Waals surface area contributed by atoms with Gasteiger partial charge in [-0.25, -0.2) is 9.97 Å². The summed E-state index contributed by atoms with van der Waals surface area (Å²) in [5, 5.41) is 5.44. The second-order valence-electron chi connectivity index (χ2n) is 20.8. The Bertz CT molecular complexity index is 7410. The molecule has 90 heavy (non-hydrogen) atoms. The molecule has 0 aliphatic heterocycles. The number of hydrogen-bond acceptors (Lipinski definition) is 6. The average Bonchev–Trinajstić information content (AvgIpc) is 1.34. The van der Waals surface area contributed by atoms with Crippen LogP contribution in [-0.2, 0) is 0 Å². The number of nitrogens with zero attached hydrogens (tertiary/aromatic N) is 4. The summed E-state index contributed by atoms with van der Waals surface area (Å²) in [6.07, 6.45) is 3.45. The van der Waals surface area contributed by atoms with E-state index in [0.29, 0.717) is 44.6 Å². The minimum absolute atomic E-state index is 0.0223. The van der Waals surface area contributed by atoms with Gasteiger partial charge in [0.05, 0.1) is 69.1 Å². The van der Waals surface area contributed by atoms with Gasteiger partial charge in [-0.1, -0.05) is 248 Å². The second-order valence-corrected chi connectivity index (χ2v) is 22.8. The maximum absolute atomic E-state index is 9.52. The highest BCUT2D eigenvalue weighted by atomic mass is 32.1. The smallest absolute Gasteiger partial charge is 0.0972 e. The van der Waals surface area contributed by atoms with Crippen LogP contribution in [0.1, 0.15) is 35.6 Å². The van der Waals surface area contributed by atoms with Gasteiger partial charge < -0.3 is 0 Å². The summed E-state index contributed by atoms with van der Waals surface area (Å²) < 4.78 is 228. The van der Waals surface area contributed by atoms with Crippen molar-refractivity contribution in [3.8, 4) is 86.5 Å². The van der Waals surface area contributed by atoms with Crippen LogP contribution < -0.4 is 0 Å². The van der Waals surface area contributed by atoms with E-state index in [4.69, 9.17) is 38.8 Å². The molecule has 0 bridgehead atoms. The first-order chi connectivity index (χ1) is 55.4. The molecule has 0 fully saturated rings. The van der Waals surface area contributed by atoms with E-state index in [9.17, 15) is 6.85 Å². The normalized spacial score (nSPS) is 15.6. The van der Waals surface area contributed by atoms with Gasteiger partial charge in [0.2, 0.25) is 0 Å². The van der Waals surface area contributed by atoms with Crippen LogP contribution in [0.25, 0.3) is 173 Å². The van der Waals surface area contributed by atoms with Crippen molar-refractivity contribution in [1.82, 2.24) is 19.9 Å². The topological polar surface area (TPSA) is 51.6 Å². The summed E-state index contributed by atoms with van der Waals surface area (Å²) >= 11 is 1.42. The molecule has 0 amide bonds. The van der Waals surface area contributed by atoms with Crippen LogP contribution in [0.4, 0.5) is 0 Å². The summed E-state index contributed by atoms with van der Waals surface area (Å²) in [7, 11) is 0. The zero-order chi connectivity index (χ0) is 82.1. The van der Waals surface area contributed by atoms with E-state index in [-0.39, 0.29) is 98.6 Å². The maximum atomic E-state index is 9.52. The lowest BCUT2D eigenvalue weighted by Crippen LogP contribution is -1.91. The van der Waals surface area contributed by atoms with Gasteiger partial charge in [-0.05, 0) is 142 Å². The van der Waals surface area contributed by atoms with E-state index < -0.39 is 133 Å². The molecular weight excluding hydrogens is 1130 g/mol. The fourth-order valence-corrected chi connectivity index (χ4v) is 13.1. The van der Waals surface area contributed by atoms with Crippen molar-refractivity contribution in [1.29, 1.82) is 0 Å². The predicted molar refractivity (Wildman–Crippen MR) is 383 cm³/mol. The summed E-state index contributed by atoms with van der Waals surface area (Å²) in [6.45, 7) is 0. The minimum Gasteiger partial charge on any atom is -0.254 e. The van der Waals surface area contributed by atoms with Gasteiger partial charge in [-0.3, -0.25) is 9.97 Å². The highest BCUT2D eigenvalue weighted by Gasteiger charge is 2.17. The van der Waals surface area contributed by atoms with Crippen LogP contribution in [0.2, 0.25) is 0 Å². The third kappa shape index (κ3) is 9.54. The molecular formula is C84H52N4S2. The highest BCUT2D eigenvalue weighted by Crippen LogP contribution is 2.43. The van der Waals surface area contributed by atoms with E-state index >= 15 is 0 Å². The molecule has 0 aliphatic carbocycles. The molecule has 0 unspecified atom stereocenters. The summed E-state index contributed by atoms with van der Waals surface area (Å²) in [6, 6.07) is 31.6. The van der Waals surface area contributed by atoms with Crippen LogP contribution in [0, 0.1) is 0 Å². The van der Waals surface area contributed by atoms with Gasteiger partial charge in [0.15, 0.2) is 0 Å². The first-order valence-electron chi connectivity index (χ1n) is 41.2. The lowest BCUT2D eigenvalue weighted by molar-refractivity contribution is 1.37. The van der Waals surface area contributed by atoms with E-state index in [1.165, 1.54) is 0 Å². The van der Waals surface area contributed by atoms with Crippen molar-refractivity contribution < 1.29 is 35.6 Å². The Labute approximate surface area is 564 Å². The maximum Gasteiger partial charge on any atom is 0.0972 e. The van der Waals surface area contributed by atoms with Gasteiger partial charge in [0, 0.05) is 64.6 Å². The Morgan fingerprint density at radius 3 is 1.18 bits per heavy atom. The van der Waals surface area contributed by atoms with E-state index in [2.05, 4.69) is 9.97 Å². The van der Waals surface area contributed by atoms with Gasteiger partial charge in [-0.2, -0.15) is 0 Å². The van der Waals surface area contributed by atoms with Crippen molar-refractivity contribution in [3.05, 3.63) is 315 Å². The summed E-state index contributed by atoms with van der Waals surface area (Å²) in [5.41, 5.74) is 5.88. The summed E-state index contributed by atoms with van der Waals surface area (Å²) in [5.74, 6) is 0. The molecule has 6 heterocycles. The lowest BCUT2D eigenvalue weighted by atomic mass is 9.92. The van der Waals surface area contributed by atoms with Crippen LogP contribution in [0.15, 0.2) is 315 Å². The molecule has 18 aromatic rings. The molecule has 0 saturated heterocycles. The van der Waals surface area contributed by atoms with Crippen LogP contribution in [0.3, 0.4) is 0 Å². The molecule has 0 spiro atoms. The Kier molecular flexibility index (Phi) is 8.14. The lowest BCUT2D eigenvalue weighted by Gasteiger charge is -2.13. The SMILES string of the molecule is [2H]c1c(-c2c([2H])c([2H])c(-c3ccc(-c4ccc5ccc6cccnc6c5n4)c4ccccc34)c([2H])c2[2H])sc(-c2c([2H])c([2H])c([2H])c3c([2H])c([2H])c([2H])c([2H])c23)c1[2H].[2H]c1c(-c2c([2H])c([2H])c([2H])c(-c3ccc(-c4ccc5ccc6cccnc6c5n4)c4ccccc34)c2[2H])sc(-c2c([2H])c([2H])c([2H])c3c([2H])c([2H])c([2H])c([2H])c23)c1[2H]. The number of rotatable bonds is 8. The van der Waals surface area contributed by atoms with Crippen LogP contribution in [0.5, 0.6) is 0 Å². The van der Waals surface area contributed by atoms with E-state index in [0.717, 1.165) is 76.8 Å². The van der Waals surface area contributed by atoms with Crippen molar-refractivity contribution in [3.63, 3.8) is 0 Å². The minimum atomic E-state index is -0.639. The van der Waals surface area contributed by atoms with Gasteiger partial charge in [-0.15, -0.1) is 22.7 Å². The zero-order valence-electron chi connectivity index (χ0n) is 72.6. The Hall–Kier alpha value is -11.3. The standard InChI is InChI=1S/2C42H26N2S/c1-2-13-32-27(8-1)9-6-16-37(32)40-24-23-39(45-40)31-11-5-10-30(26-31)33-20-21-36(35-15-4-3-14-34(33)35)38-22-19-29-18-17-28-12-7-25-43-41(28)42(29)44-38;1-2-10-32-27(7-1)8-5-13-37(32)40-25-24-39(45-40)29-16-14-28(15-17-29)33-21-22-36(35-12-4-3-11-34(33)35)38-23-20-31-19-18-30-9-6-26-43-41(30)42(31)44-38/h2*1-26H/i1D,2D,5D,6D,8D,9D,10D,11D,13D,16D,23D,24D,26D;1D,2D,5D,7D,8D,10D,13D,14D,15D,16D,17D,24D,25D. The largest absolute Gasteiger partial charge is 0.254 e. The molecule has 0 aliphatic rings. The Morgan fingerprint density at radius 1 is 0.244 bits per heavy atom. The molecule has 0 N–H and O–H groups in total. The van der Waals surface area contributed by atoms with Crippen molar-refractivity contribution in [2.24, 2.45) is 0 Å². The molecule has 6 heteroatoms. The monoisotopic (exact) mass is 1210 g/mol. The number of fused-ring (bicyclic) bond motifs is 10. The molecule has 0 saturated carbocycles. The van der Waals surface area contributed by atoms with Gasteiger partial charge >= 0.3 is 0 Å². The Balaban J connectivity index is 0.000000167. The van der Waals surface area contributed by atoms with Crippen LogP contribution >= 0.6 is 22.7 Å². The first kappa shape index (κ1) is 32.6. The third-order valence-electron chi connectivity index (χ3n) is 15.6. The number of aromatic nitrogens is 4. The first-order valence-corrected chi connectivity index (χ1v) is 29.8. The fraction of sp³-hybridized carbons (Fsp3) is 0. The van der Waals surface area contributed by atoms with E-state index in [1.807, 2.05) is 133 Å². The number of thiophene rings is 2. The van der Waals surface area contributed by atoms with Crippen molar-refractivity contribution >= 4 is 109 Å². The molecule has 420 valence electrons. The highest BCUT2D eigenvalue weighted by molar-refractivity contribution is 7.19. The molecule has 6 aromatic heterocycles. The molecule has 0 radical (unpaired) electrons. The Morgan fingerprint density at radius 2 is 0.644 bits per heavy atom. The van der Waals surface area contributed by atoms with Crippen molar-refractivity contribution in [2.75, 3.05) is 0 Å². The molecule has 0 atom stereocenters. The average molecular weight is 1210 g/mol. The van der Waals surface area contributed by atoms with Gasteiger partial charge in [0.1, 0.15) is 0 Å². The molecule has 12 aromatic carbocycles. The fourth-order valence-electron chi connectivity index (χ4n) is 11.3. The summed E-state index contributed by atoms with van der Waals surface area (Å²) in [4.78, 5) is 18.7. The third-order valence-corrected chi connectivity index (χ3v) is 17.6. The second kappa shape index (κ2) is 22.5. The zero-order valence-corrected chi connectivity index (χ0v) is 48.2. The van der Waals surface area contributed by atoms with Crippen molar-refractivity contribution in [2.45, 2.75) is 0 Å².